The molecule has 1 aliphatic heterocycles. The molecule has 1 fully saturated rings. The third-order valence-electron chi connectivity index (χ3n) is 4.05. The summed E-state index contributed by atoms with van der Waals surface area (Å²) in [5.74, 6) is -0.467. The summed E-state index contributed by atoms with van der Waals surface area (Å²) in [6, 6.07) is 8.42. The van der Waals surface area contributed by atoms with E-state index >= 15 is 0 Å². The maximum absolute atomic E-state index is 14.3. The average Bonchev–Trinajstić information content (AvgIpc) is 2.64. The molecule has 2 aromatic rings. The minimum atomic E-state index is -0.467. The molecule has 6 nitrogen and oxygen atoms in total. The van der Waals surface area contributed by atoms with Crippen molar-refractivity contribution in [3.8, 4) is 0 Å². The van der Waals surface area contributed by atoms with E-state index in [2.05, 4.69) is 15.3 Å². The summed E-state index contributed by atoms with van der Waals surface area (Å²) >= 11 is 0. The zero-order valence-electron chi connectivity index (χ0n) is 14.1. The highest BCUT2D eigenvalue weighted by atomic mass is 19.1. The van der Waals surface area contributed by atoms with Crippen molar-refractivity contribution in [3.63, 3.8) is 0 Å². The van der Waals surface area contributed by atoms with E-state index in [4.69, 9.17) is 4.74 Å². The Kier molecular flexibility index (Phi) is 5.57. The number of aromatic nitrogens is 1. The Morgan fingerprint density at radius 2 is 2.12 bits per heavy atom. The van der Waals surface area contributed by atoms with E-state index in [-0.39, 0.29) is 5.69 Å². The number of rotatable bonds is 6. The second-order valence-electron chi connectivity index (χ2n) is 5.95. The van der Waals surface area contributed by atoms with Crippen molar-refractivity contribution in [2.24, 2.45) is 0 Å². The fourth-order valence-electron chi connectivity index (χ4n) is 2.68. The standard InChI is InChI=1S/C18H21FN4O2/c1-14-2-4-16(11-20-14)21-23(13-24)18-10-15(3-5-17(18)19)12-22-6-8-25-9-7-22/h2-5,10-11,13,21H,6-9,12H2,1H3. The number of pyridine rings is 1. The molecule has 0 bridgehead atoms. The minimum absolute atomic E-state index is 0.182. The molecule has 1 N–H and O–H groups in total. The normalized spacial score (nSPS) is 15.0. The molecule has 25 heavy (non-hydrogen) atoms. The molecule has 1 aliphatic rings. The Bertz CT molecular complexity index is 718. The van der Waals surface area contributed by atoms with Crippen LogP contribution < -0.4 is 10.4 Å². The van der Waals surface area contributed by atoms with E-state index in [1.54, 1.807) is 24.4 Å². The summed E-state index contributed by atoms with van der Waals surface area (Å²) in [7, 11) is 0. The van der Waals surface area contributed by atoms with E-state index in [1.807, 2.05) is 13.0 Å². The highest BCUT2D eigenvalue weighted by Gasteiger charge is 2.15. The molecular formula is C18H21FN4O2. The highest BCUT2D eigenvalue weighted by molar-refractivity contribution is 5.79. The lowest BCUT2D eigenvalue weighted by Gasteiger charge is -2.27. The van der Waals surface area contributed by atoms with Crippen molar-refractivity contribution in [1.29, 1.82) is 0 Å². The first-order valence-corrected chi connectivity index (χ1v) is 8.18. The van der Waals surface area contributed by atoms with Gasteiger partial charge in [-0.2, -0.15) is 0 Å². The topological polar surface area (TPSA) is 57.7 Å². The van der Waals surface area contributed by atoms with Gasteiger partial charge in [0.1, 0.15) is 11.5 Å². The molecule has 0 radical (unpaired) electrons. The first-order chi connectivity index (χ1) is 12.2. The van der Waals surface area contributed by atoms with Crippen LogP contribution in [0.25, 0.3) is 0 Å². The fraction of sp³-hybridized carbons (Fsp3) is 0.333. The first kappa shape index (κ1) is 17.3. The summed E-state index contributed by atoms with van der Waals surface area (Å²) in [6.45, 7) is 5.66. The van der Waals surface area contributed by atoms with Crippen LogP contribution in [-0.4, -0.2) is 42.6 Å². The lowest BCUT2D eigenvalue weighted by molar-refractivity contribution is -0.107. The summed E-state index contributed by atoms with van der Waals surface area (Å²) in [5.41, 5.74) is 5.46. The second kappa shape index (κ2) is 8.04. The van der Waals surface area contributed by atoms with Gasteiger partial charge in [-0.3, -0.25) is 20.1 Å². The van der Waals surface area contributed by atoms with E-state index < -0.39 is 5.82 Å². The van der Waals surface area contributed by atoms with Crippen molar-refractivity contribution in [2.45, 2.75) is 13.5 Å². The van der Waals surface area contributed by atoms with Crippen molar-refractivity contribution in [2.75, 3.05) is 36.7 Å². The zero-order chi connectivity index (χ0) is 17.6. The van der Waals surface area contributed by atoms with Crippen LogP contribution in [0.2, 0.25) is 0 Å². The summed E-state index contributed by atoms with van der Waals surface area (Å²) in [4.78, 5) is 17.9. The summed E-state index contributed by atoms with van der Waals surface area (Å²) in [5, 5.41) is 1.13. The molecule has 3 rings (SSSR count). The van der Waals surface area contributed by atoms with Gasteiger partial charge in [0.15, 0.2) is 0 Å². The third-order valence-corrected chi connectivity index (χ3v) is 4.05. The number of anilines is 2. The highest BCUT2D eigenvalue weighted by Crippen LogP contribution is 2.22. The molecule has 132 valence electrons. The van der Waals surface area contributed by atoms with Gasteiger partial charge in [0.2, 0.25) is 6.41 Å². The molecule has 1 aromatic heterocycles. The number of aryl methyl sites for hydroxylation is 1. The fourth-order valence-corrected chi connectivity index (χ4v) is 2.68. The molecule has 7 heteroatoms. The van der Waals surface area contributed by atoms with Gasteiger partial charge in [-0.1, -0.05) is 6.07 Å². The van der Waals surface area contributed by atoms with Crippen LogP contribution in [0.1, 0.15) is 11.3 Å². The Labute approximate surface area is 146 Å². The number of ether oxygens (including phenoxy) is 1. The van der Waals surface area contributed by atoms with Crippen LogP contribution in [0.3, 0.4) is 0 Å². The molecule has 0 aliphatic carbocycles. The van der Waals surface area contributed by atoms with Crippen molar-refractivity contribution in [3.05, 3.63) is 53.6 Å². The van der Waals surface area contributed by atoms with E-state index in [0.717, 1.165) is 29.4 Å². The van der Waals surface area contributed by atoms with Gasteiger partial charge >= 0.3 is 0 Å². The smallest absolute Gasteiger partial charge is 0.232 e. The van der Waals surface area contributed by atoms with Crippen LogP contribution in [0.5, 0.6) is 0 Å². The SMILES string of the molecule is Cc1ccc(NN(C=O)c2cc(CN3CCOCC3)ccc2F)cn1. The summed E-state index contributed by atoms with van der Waals surface area (Å²) < 4.78 is 19.6. The molecule has 0 atom stereocenters. The predicted molar refractivity (Wildman–Crippen MR) is 93.6 cm³/mol. The number of benzene rings is 1. The van der Waals surface area contributed by atoms with Gasteiger partial charge in [-0.05, 0) is 36.8 Å². The van der Waals surface area contributed by atoms with Gasteiger partial charge < -0.3 is 4.74 Å². The zero-order valence-corrected chi connectivity index (χ0v) is 14.1. The maximum atomic E-state index is 14.3. The molecule has 2 heterocycles. The minimum Gasteiger partial charge on any atom is -0.379 e. The van der Waals surface area contributed by atoms with Crippen molar-refractivity contribution in [1.82, 2.24) is 9.88 Å². The van der Waals surface area contributed by atoms with E-state index in [1.165, 1.54) is 6.07 Å². The molecule has 0 saturated carbocycles. The molecule has 0 unspecified atom stereocenters. The Balaban J connectivity index is 1.77. The Morgan fingerprint density at radius 1 is 1.32 bits per heavy atom. The number of carbonyl (C=O) groups is 1. The van der Waals surface area contributed by atoms with E-state index in [0.29, 0.717) is 31.9 Å². The predicted octanol–water partition coefficient (Wildman–Crippen LogP) is 2.35. The number of hydrogen-bond donors (Lipinski definition) is 1. The monoisotopic (exact) mass is 344 g/mol. The van der Waals surface area contributed by atoms with Gasteiger partial charge in [-0.25, -0.2) is 9.40 Å². The maximum Gasteiger partial charge on any atom is 0.232 e. The third kappa shape index (κ3) is 4.52. The number of amides is 1. The Hall–Kier alpha value is -2.51. The molecular weight excluding hydrogens is 323 g/mol. The number of carbonyl (C=O) groups excluding carboxylic acids is 1. The number of hydrogen-bond acceptors (Lipinski definition) is 5. The van der Waals surface area contributed by atoms with Gasteiger partial charge in [0.25, 0.3) is 0 Å². The van der Waals surface area contributed by atoms with Crippen LogP contribution in [0.4, 0.5) is 15.8 Å². The number of morpholine rings is 1. The number of halogens is 1. The van der Waals surface area contributed by atoms with Gasteiger partial charge in [0, 0.05) is 25.3 Å². The molecule has 1 amide bonds. The van der Waals surface area contributed by atoms with Crippen LogP contribution in [0.15, 0.2) is 36.5 Å². The molecule has 1 saturated heterocycles. The van der Waals surface area contributed by atoms with Crippen LogP contribution >= 0.6 is 0 Å². The lowest BCUT2D eigenvalue weighted by atomic mass is 10.1. The quantitative estimate of drug-likeness (QED) is 0.644. The lowest BCUT2D eigenvalue weighted by Crippen LogP contribution is -2.35. The first-order valence-electron chi connectivity index (χ1n) is 8.18. The summed E-state index contributed by atoms with van der Waals surface area (Å²) in [6.07, 6.45) is 2.15. The van der Waals surface area contributed by atoms with Crippen LogP contribution in [-0.2, 0) is 16.1 Å². The second-order valence-corrected chi connectivity index (χ2v) is 5.95. The van der Waals surface area contributed by atoms with Gasteiger partial charge in [-0.15, -0.1) is 0 Å². The number of nitrogens with zero attached hydrogens (tertiary/aromatic N) is 3. The largest absolute Gasteiger partial charge is 0.379 e. The molecule has 1 aromatic carbocycles. The van der Waals surface area contributed by atoms with Crippen LogP contribution in [0, 0.1) is 12.7 Å². The number of hydrazine groups is 1. The molecule has 0 spiro atoms. The average molecular weight is 344 g/mol. The van der Waals surface area contributed by atoms with Gasteiger partial charge in [0.05, 0.1) is 25.1 Å². The van der Waals surface area contributed by atoms with Crippen molar-refractivity contribution >= 4 is 17.8 Å². The van der Waals surface area contributed by atoms with E-state index in [9.17, 15) is 9.18 Å². The Morgan fingerprint density at radius 3 is 2.80 bits per heavy atom. The van der Waals surface area contributed by atoms with Crippen molar-refractivity contribution < 1.29 is 13.9 Å². The number of nitrogens with one attached hydrogen (secondary N) is 1.